The van der Waals surface area contributed by atoms with Crippen molar-refractivity contribution >= 4 is 11.4 Å². The van der Waals surface area contributed by atoms with Crippen LogP contribution < -0.4 is 10.6 Å². The predicted molar refractivity (Wildman–Crippen MR) is 74.3 cm³/mol. The fourth-order valence-electron chi connectivity index (χ4n) is 2.66. The number of para-hydroxylation sites is 1. The second-order valence-corrected chi connectivity index (χ2v) is 5.30. The van der Waals surface area contributed by atoms with E-state index in [4.69, 9.17) is 5.73 Å². The van der Waals surface area contributed by atoms with Crippen molar-refractivity contribution < 1.29 is 4.39 Å². The summed E-state index contributed by atoms with van der Waals surface area (Å²) < 4.78 is 13.8. The third kappa shape index (κ3) is 2.93. The molecule has 1 aliphatic rings. The smallest absolute Gasteiger partial charge is 0.148 e. The summed E-state index contributed by atoms with van der Waals surface area (Å²) in [6.45, 7) is 3.13. The molecule has 0 spiro atoms. The van der Waals surface area contributed by atoms with Crippen molar-refractivity contribution in [1.82, 2.24) is 4.90 Å². The van der Waals surface area contributed by atoms with Crippen LogP contribution in [0.15, 0.2) is 18.2 Å². The van der Waals surface area contributed by atoms with Gasteiger partial charge >= 0.3 is 0 Å². The van der Waals surface area contributed by atoms with E-state index in [1.165, 1.54) is 18.9 Å². The normalized spacial score (nSPS) is 17.9. The predicted octanol–water partition coefficient (Wildman–Crippen LogP) is 2.19. The van der Waals surface area contributed by atoms with E-state index in [2.05, 4.69) is 11.9 Å². The number of piperidine rings is 1. The molecule has 0 amide bonds. The minimum atomic E-state index is -0.231. The number of benzene rings is 1. The van der Waals surface area contributed by atoms with Gasteiger partial charge in [0.05, 0.1) is 11.4 Å². The molecule has 0 aromatic heterocycles. The Morgan fingerprint density at radius 2 is 2.06 bits per heavy atom. The zero-order valence-corrected chi connectivity index (χ0v) is 11.2. The first kappa shape index (κ1) is 13.1. The average molecular weight is 251 g/mol. The SMILES string of the molecule is CN1CCC(CN(C)c2c(N)cccc2F)CC1. The van der Waals surface area contributed by atoms with Gasteiger partial charge < -0.3 is 15.5 Å². The van der Waals surface area contributed by atoms with Gasteiger partial charge in [-0.2, -0.15) is 0 Å². The molecule has 0 atom stereocenters. The van der Waals surface area contributed by atoms with Crippen LogP contribution in [-0.2, 0) is 0 Å². The Morgan fingerprint density at radius 3 is 2.67 bits per heavy atom. The fraction of sp³-hybridized carbons (Fsp3) is 0.571. The van der Waals surface area contributed by atoms with Crippen LogP contribution in [0.3, 0.4) is 0 Å². The minimum absolute atomic E-state index is 0.231. The summed E-state index contributed by atoms with van der Waals surface area (Å²) in [5.74, 6) is 0.399. The molecule has 4 heteroatoms. The van der Waals surface area contributed by atoms with Gasteiger partial charge in [-0.25, -0.2) is 4.39 Å². The zero-order chi connectivity index (χ0) is 13.1. The molecule has 0 unspecified atom stereocenters. The van der Waals surface area contributed by atoms with E-state index in [1.807, 2.05) is 11.9 Å². The van der Waals surface area contributed by atoms with Crippen LogP contribution in [0.4, 0.5) is 15.8 Å². The van der Waals surface area contributed by atoms with Gasteiger partial charge in [0.1, 0.15) is 5.82 Å². The van der Waals surface area contributed by atoms with Gasteiger partial charge in [-0.05, 0) is 51.0 Å². The molecule has 100 valence electrons. The summed E-state index contributed by atoms with van der Waals surface area (Å²) in [7, 11) is 4.07. The van der Waals surface area contributed by atoms with E-state index in [9.17, 15) is 4.39 Å². The number of rotatable bonds is 3. The summed E-state index contributed by atoms with van der Waals surface area (Å²) in [5.41, 5.74) is 6.92. The Balaban J connectivity index is 2.01. The largest absolute Gasteiger partial charge is 0.397 e. The van der Waals surface area contributed by atoms with Crippen molar-refractivity contribution in [1.29, 1.82) is 0 Å². The van der Waals surface area contributed by atoms with Gasteiger partial charge in [-0.1, -0.05) is 6.07 Å². The lowest BCUT2D eigenvalue weighted by Gasteiger charge is -2.32. The molecule has 0 radical (unpaired) electrons. The van der Waals surface area contributed by atoms with Gasteiger partial charge in [0.15, 0.2) is 0 Å². The third-order valence-electron chi connectivity index (χ3n) is 3.77. The lowest BCUT2D eigenvalue weighted by molar-refractivity contribution is 0.222. The summed E-state index contributed by atoms with van der Waals surface area (Å²) in [4.78, 5) is 4.30. The van der Waals surface area contributed by atoms with Crippen LogP contribution >= 0.6 is 0 Å². The standard InChI is InChI=1S/C14H22FN3/c1-17-8-6-11(7-9-17)10-18(2)14-12(15)4-3-5-13(14)16/h3-5,11H,6-10,16H2,1-2H3. The quantitative estimate of drug-likeness (QED) is 0.836. The van der Waals surface area contributed by atoms with Crippen molar-refractivity contribution in [3.8, 4) is 0 Å². The fourth-order valence-corrected chi connectivity index (χ4v) is 2.66. The maximum absolute atomic E-state index is 13.8. The maximum Gasteiger partial charge on any atom is 0.148 e. The van der Waals surface area contributed by atoms with Crippen LogP contribution in [0, 0.1) is 11.7 Å². The molecule has 1 aliphatic heterocycles. The molecular formula is C14H22FN3. The highest BCUT2D eigenvalue weighted by atomic mass is 19.1. The number of nitrogen functional groups attached to an aromatic ring is 1. The number of nitrogens with two attached hydrogens (primary N) is 1. The molecule has 0 bridgehead atoms. The van der Waals surface area contributed by atoms with Crippen molar-refractivity contribution in [3.05, 3.63) is 24.0 Å². The topological polar surface area (TPSA) is 32.5 Å². The van der Waals surface area contributed by atoms with E-state index in [-0.39, 0.29) is 5.82 Å². The maximum atomic E-state index is 13.8. The molecule has 1 aromatic rings. The van der Waals surface area contributed by atoms with Gasteiger partial charge in [-0.15, -0.1) is 0 Å². The summed E-state index contributed by atoms with van der Waals surface area (Å²) in [6.07, 6.45) is 2.35. The Bertz CT molecular complexity index is 380. The Kier molecular flexibility index (Phi) is 4.07. The van der Waals surface area contributed by atoms with Gasteiger partial charge in [0, 0.05) is 13.6 Å². The molecule has 3 nitrogen and oxygen atoms in total. The Labute approximate surface area is 108 Å². The van der Waals surface area contributed by atoms with E-state index in [1.54, 1.807) is 12.1 Å². The number of hydrogen-bond acceptors (Lipinski definition) is 3. The first-order chi connectivity index (χ1) is 8.58. The summed E-state index contributed by atoms with van der Waals surface area (Å²) >= 11 is 0. The average Bonchev–Trinajstić information content (AvgIpc) is 2.32. The van der Waals surface area contributed by atoms with Crippen LogP contribution in [0.1, 0.15) is 12.8 Å². The molecule has 0 saturated carbocycles. The van der Waals surface area contributed by atoms with Crippen LogP contribution in [0.5, 0.6) is 0 Å². The van der Waals surface area contributed by atoms with Gasteiger partial charge in [0.2, 0.25) is 0 Å². The van der Waals surface area contributed by atoms with Crippen LogP contribution in [0.2, 0.25) is 0 Å². The molecule has 2 N–H and O–H groups in total. The van der Waals surface area contributed by atoms with E-state index in [0.717, 1.165) is 19.6 Å². The summed E-state index contributed by atoms with van der Waals surface area (Å²) in [5, 5.41) is 0. The molecule has 18 heavy (non-hydrogen) atoms. The molecule has 0 aliphatic carbocycles. The summed E-state index contributed by atoms with van der Waals surface area (Å²) in [6, 6.07) is 4.87. The molecule has 1 heterocycles. The van der Waals surface area contributed by atoms with Crippen molar-refractivity contribution in [2.75, 3.05) is 44.4 Å². The lowest BCUT2D eigenvalue weighted by atomic mass is 9.96. The minimum Gasteiger partial charge on any atom is -0.397 e. The number of anilines is 2. The number of nitrogens with zero attached hydrogens (tertiary/aromatic N) is 2. The molecular weight excluding hydrogens is 229 g/mol. The lowest BCUT2D eigenvalue weighted by Crippen LogP contribution is -2.36. The van der Waals surface area contributed by atoms with Crippen LogP contribution in [0.25, 0.3) is 0 Å². The first-order valence-corrected chi connectivity index (χ1v) is 6.51. The van der Waals surface area contributed by atoms with E-state index < -0.39 is 0 Å². The highest BCUT2D eigenvalue weighted by molar-refractivity contribution is 5.67. The van der Waals surface area contributed by atoms with Crippen LogP contribution in [-0.4, -0.2) is 38.6 Å². The third-order valence-corrected chi connectivity index (χ3v) is 3.77. The van der Waals surface area contributed by atoms with E-state index in [0.29, 0.717) is 17.3 Å². The van der Waals surface area contributed by atoms with Gasteiger partial charge in [0.25, 0.3) is 0 Å². The van der Waals surface area contributed by atoms with Crippen molar-refractivity contribution in [2.45, 2.75) is 12.8 Å². The molecule has 1 fully saturated rings. The monoisotopic (exact) mass is 251 g/mol. The highest BCUT2D eigenvalue weighted by Crippen LogP contribution is 2.27. The van der Waals surface area contributed by atoms with Gasteiger partial charge in [-0.3, -0.25) is 0 Å². The van der Waals surface area contributed by atoms with Crippen molar-refractivity contribution in [3.63, 3.8) is 0 Å². The molecule has 1 aromatic carbocycles. The molecule has 1 saturated heterocycles. The number of likely N-dealkylation sites (tertiary alicyclic amines) is 1. The molecule has 2 rings (SSSR count). The first-order valence-electron chi connectivity index (χ1n) is 6.51. The Morgan fingerprint density at radius 1 is 1.39 bits per heavy atom. The van der Waals surface area contributed by atoms with Crippen molar-refractivity contribution in [2.24, 2.45) is 5.92 Å². The zero-order valence-electron chi connectivity index (χ0n) is 11.2. The Hall–Kier alpha value is -1.29. The number of hydrogen-bond donors (Lipinski definition) is 1. The second-order valence-electron chi connectivity index (χ2n) is 5.30. The second kappa shape index (κ2) is 5.57. The highest BCUT2D eigenvalue weighted by Gasteiger charge is 2.20. The van der Waals surface area contributed by atoms with E-state index >= 15 is 0 Å². The number of halogens is 1.